The summed E-state index contributed by atoms with van der Waals surface area (Å²) in [5, 5.41) is 45.9. The Balaban J connectivity index is 0.000000430. The molecule has 0 bridgehead atoms. The molecule has 0 saturated heterocycles. The fourth-order valence-electron chi connectivity index (χ4n) is 2.83. The van der Waals surface area contributed by atoms with E-state index in [1.54, 1.807) is 0 Å². The first-order valence-electron chi connectivity index (χ1n) is 11.3. The van der Waals surface area contributed by atoms with E-state index in [0.717, 1.165) is 36.4 Å². The topological polar surface area (TPSA) is 326 Å². The molecule has 0 aliphatic rings. The van der Waals surface area contributed by atoms with Crippen LogP contribution in [0.1, 0.15) is 17.5 Å². The Labute approximate surface area is 239 Å². The van der Waals surface area contributed by atoms with Crippen LogP contribution in [-0.2, 0) is 32.3 Å². The highest BCUT2D eigenvalue weighted by Gasteiger charge is 2.20. The van der Waals surface area contributed by atoms with Crippen LogP contribution in [0.15, 0.2) is 41.5 Å². The zero-order chi connectivity index (χ0) is 32.7. The van der Waals surface area contributed by atoms with Gasteiger partial charge in [0.05, 0.1) is 38.4 Å². The van der Waals surface area contributed by atoms with Gasteiger partial charge in [0.25, 0.3) is 22.7 Å². The van der Waals surface area contributed by atoms with E-state index in [0.29, 0.717) is 0 Å². The molecular formula is C22H21N9O12. The summed E-state index contributed by atoms with van der Waals surface area (Å²) in [7, 11) is 0. The number of carbonyl (C=O) groups is 2. The molecule has 4 N–H and O–H groups in total. The lowest BCUT2D eigenvalue weighted by Gasteiger charge is -2.09. The minimum atomic E-state index is -1.19. The van der Waals surface area contributed by atoms with Crippen molar-refractivity contribution >= 4 is 34.7 Å². The van der Waals surface area contributed by atoms with Gasteiger partial charge in [0, 0.05) is 46.7 Å². The van der Waals surface area contributed by atoms with Gasteiger partial charge in [-0.2, -0.15) is 0 Å². The minimum Gasteiger partial charge on any atom is -0.460 e. The van der Waals surface area contributed by atoms with E-state index in [2.05, 4.69) is 15.9 Å². The normalized spacial score (nSPS) is 11.2. The van der Waals surface area contributed by atoms with Crippen molar-refractivity contribution < 1.29 is 38.8 Å². The summed E-state index contributed by atoms with van der Waals surface area (Å²) in [6.45, 7) is -1.13. The number of esters is 2. The fraction of sp³-hybridized carbons (Fsp3) is 0.273. The summed E-state index contributed by atoms with van der Waals surface area (Å²) in [6, 6.07) is 3.64. The molecule has 0 saturated carbocycles. The number of hydrogen-bond acceptors (Lipinski definition) is 15. The zero-order valence-corrected chi connectivity index (χ0v) is 21.7. The summed E-state index contributed by atoms with van der Waals surface area (Å²) in [5.41, 5.74) is 17.1. The van der Waals surface area contributed by atoms with Crippen LogP contribution in [0.4, 0.5) is 22.7 Å². The molecule has 226 valence electrons. The van der Waals surface area contributed by atoms with E-state index < -0.39 is 73.1 Å². The zero-order valence-electron chi connectivity index (χ0n) is 21.7. The molecule has 2 aromatic carbocycles. The molecular weight excluding hydrogens is 582 g/mol. The number of rotatable bonds is 13. The third kappa shape index (κ3) is 11.8. The second kappa shape index (κ2) is 16.8. The predicted molar refractivity (Wildman–Crippen MR) is 143 cm³/mol. The fourth-order valence-corrected chi connectivity index (χ4v) is 2.83. The molecule has 21 nitrogen and oxygen atoms in total. The first-order chi connectivity index (χ1) is 20.2. The van der Waals surface area contributed by atoms with Gasteiger partial charge in [-0.1, -0.05) is 5.11 Å². The van der Waals surface area contributed by atoms with Crippen molar-refractivity contribution in [3.05, 3.63) is 98.4 Å². The number of non-ortho nitro benzene ring substituents is 4. The Kier molecular flexibility index (Phi) is 13.6. The summed E-state index contributed by atoms with van der Waals surface area (Å²) < 4.78 is 9.57. The molecule has 21 heteroatoms. The van der Waals surface area contributed by atoms with Crippen molar-refractivity contribution in [3.63, 3.8) is 0 Å². The molecule has 0 fully saturated rings. The van der Waals surface area contributed by atoms with Crippen LogP contribution in [-0.4, -0.2) is 50.3 Å². The number of nitro groups is 4. The highest BCUT2D eigenvalue weighted by molar-refractivity contribution is 5.76. The van der Waals surface area contributed by atoms with Crippen LogP contribution in [0, 0.1) is 52.8 Å². The highest BCUT2D eigenvalue weighted by Crippen LogP contribution is 2.24. The van der Waals surface area contributed by atoms with Crippen molar-refractivity contribution in [2.45, 2.75) is 31.7 Å². The van der Waals surface area contributed by atoms with Crippen LogP contribution in [0.5, 0.6) is 0 Å². The molecule has 2 rings (SSSR count). The van der Waals surface area contributed by atoms with Crippen LogP contribution in [0.2, 0.25) is 0 Å². The summed E-state index contributed by atoms with van der Waals surface area (Å²) in [5.74, 6) is 0.499. The average Bonchev–Trinajstić information content (AvgIpc) is 2.97. The maximum absolute atomic E-state index is 11.5. The monoisotopic (exact) mass is 603 g/mol. The predicted octanol–water partition coefficient (Wildman–Crippen LogP) is 2.08. The minimum absolute atomic E-state index is 0.0199. The van der Waals surface area contributed by atoms with Gasteiger partial charge >= 0.3 is 11.9 Å². The van der Waals surface area contributed by atoms with Gasteiger partial charge in [-0.25, -0.2) is 0 Å². The lowest BCUT2D eigenvalue weighted by Crippen LogP contribution is -2.34. The lowest BCUT2D eigenvalue weighted by molar-refractivity contribution is -0.394. The Morgan fingerprint density at radius 1 is 0.791 bits per heavy atom. The van der Waals surface area contributed by atoms with Gasteiger partial charge in [0.1, 0.15) is 25.3 Å². The highest BCUT2D eigenvalue weighted by atomic mass is 16.6. The second-order valence-electron chi connectivity index (χ2n) is 7.99. The number of nitro benzene ring substituents is 4. The van der Waals surface area contributed by atoms with Crippen molar-refractivity contribution in [2.24, 2.45) is 16.6 Å². The van der Waals surface area contributed by atoms with Crippen LogP contribution >= 0.6 is 0 Å². The Morgan fingerprint density at radius 3 is 1.44 bits per heavy atom. The first-order valence-corrected chi connectivity index (χ1v) is 11.3. The van der Waals surface area contributed by atoms with E-state index in [1.165, 1.54) is 0 Å². The second-order valence-corrected chi connectivity index (χ2v) is 7.99. The standard InChI is InChI=1S/C12H11N3O6.C10H10N6O6/c1-2-3-11(13)12(16)21-7-8-4-9(14(17)18)6-10(5-8)15(19)20;11-9(4-13-14-12)10(17)22-5-6-1-7(15(18)19)3-8(2-6)16(20)21/h1,4-6,11H,3,7,13H2;1-3,9H,4-5,11H2. The first kappa shape index (κ1) is 34.8. The number of nitrogens with zero attached hydrogens (tertiary/aromatic N) is 7. The van der Waals surface area contributed by atoms with E-state index in [9.17, 15) is 50.0 Å². The molecule has 0 heterocycles. The van der Waals surface area contributed by atoms with Crippen molar-refractivity contribution in [2.75, 3.05) is 6.54 Å². The SMILES string of the molecule is C#CCC(N)C(=O)OCc1cc([N+](=O)[O-])cc([N+](=O)[O-])c1.[N-]=[N+]=NCC(N)C(=O)OCc1cc([N+](=O)[O-])cc([N+](=O)[O-])c1. The van der Waals surface area contributed by atoms with E-state index >= 15 is 0 Å². The summed E-state index contributed by atoms with van der Waals surface area (Å²) in [4.78, 5) is 65.0. The summed E-state index contributed by atoms with van der Waals surface area (Å²) >= 11 is 0. The van der Waals surface area contributed by atoms with Crippen molar-refractivity contribution in [1.82, 2.24) is 0 Å². The summed E-state index contributed by atoms with van der Waals surface area (Å²) in [6.07, 6.45) is 4.97. The van der Waals surface area contributed by atoms with Crippen LogP contribution in [0.3, 0.4) is 0 Å². The number of ether oxygens (including phenoxy) is 2. The Bertz CT molecular complexity index is 1440. The quantitative estimate of drug-likeness (QED) is 0.0629. The van der Waals surface area contributed by atoms with Gasteiger partial charge in [-0.05, 0) is 5.53 Å². The Hall–Kier alpha value is -6.23. The molecule has 0 aliphatic heterocycles. The molecule has 0 radical (unpaired) electrons. The molecule has 2 aromatic rings. The maximum Gasteiger partial charge on any atom is 0.324 e. The van der Waals surface area contributed by atoms with Gasteiger partial charge in [-0.15, -0.1) is 12.3 Å². The molecule has 43 heavy (non-hydrogen) atoms. The molecule has 2 atom stereocenters. The van der Waals surface area contributed by atoms with Crippen molar-refractivity contribution in [1.29, 1.82) is 0 Å². The average molecular weight is 603 g/mol. The number of carbonyl (C=O) groups excluding carboxylic acids is 2. The van der Waals surface area contributed by atoms with E-state index in [1.807, 2.05) is 0 Å². The molecule has 0 amide bonds. The van der Waals surface area contributed by atoms with E-state index in [4.69, 9.17) is 32.9 Å². The number of hydrogen-bond donors (Lipinski definition) is 2. The number of azide groups is 1. The van der Waals surface area contributed by atoms with Crippen LogP contribution in [0.25, 0.3) is 10.4 Å². The molecule has 2 unspecified atom stereocenters. The molecule has 0 spiro atoms. The van der Waals surface area contributed by atoms with Gasteiger partial charge in [0.15, 0.2) is 0 Å². The van der Waals surface area contributed by atoms with E-state index in [-0.39, 0.29) is 30.7 Å². The lowest BCUT2D eigenvalue weighted by atomic mass is 10.2. The number of terminal acetylenes is 1. The molecule has 0 aromatic heterocycles. The van der Waals surface area contributed by atoms with Gasteiger partial charge in [0.2, 0.25) is 0 Å². The number of nitrogens with two attached hydrogens (primary N) is 2. The van der Waals surface area contributed by atoms with Crippen LogP contribution < -0.4 is 11.5 Å². The third-order valence-electron chi connectivity index (χ3n) is 4.81. The largest absolute Gasteiger partial charge is 0.460 e. The number of benzene rings is 2. The third-order valence-corrected chi connectivity index (χ3v) is 4.81. The molecule has 0 aliphatic carbocycles. The van der Waals surface area contributed by atoms with Gasteiger partial charge in [-0.3, -0.25) is 50.0 Å². The Morgan fingerprint density at radius 2 is 1.14 bits per heavy atom. The van der Waals surface area contributed by atoms with Crippen molar-refractivity contribution in [3.8, 4) is 12.3 Å². The smallest absolute Gasteiger partial charge is 0.324 e. The maximum atomic E-state index is 11.5. The van der Waals surface area contributed by atoms with Gasteiger partial charge < -0.3 is 20.9 Å².